The Morgan fingerprint density at radius 3 is 2.38 bits per heavy atom. The molecule has 0 amide bonds. The van der Waals surface area contributed by atoms with E-state index in [4.69, 9.17) is 23.4 Å². The molecule has 1 saturated heterocycles. The van der Waals surface area contributed by atoms with Gasteiger partial charge in [-0.3, -0.25) is 0 Å². The molecule has 1 unspecified atom stereocenters. The van der Waals surface area contributed by atoms with Crippen molar-refractivity contribution in [2.24, 2.45) is 17.3 Å². The molecule has 8 nitrogen and oxygen atoms in total. The Kier molecular flexibility index (Phi) is 6.49. The molecule has 8 atom stereocenters. The van der Waals surface area contributed by atoms with E-state index >= 15 is 0 Å². The first kappa shape index (κ1) is 25.9. The van der Waals surface area contributed by atoms with Crippen LogP contribution in [0.4, 0.5) is 0 Å². The summed E-state index contributed by atoms with van der Waals surface area (Å²) < 4.78 is 30.9. The largest absolute Gasteiger partial charge is 0.457 e. The fourth-order valence-electron chi connectivity index (χ4n) is 7.20. The van der Waals surface area contributed by atoms with Gasteiger partial charge in [-0.25, -0.2) is 9.59 Å². The molecule has 37 heavy (non-hydrogen) atoms. The molecule has 2 heterocycles. The summed E-state index contributed by atoms with van der Waals surface area (Å²) in [6.45, 7) is 9.64. The second-order valence-electron chi connectivity index (χ2n) is 11.4. The van der Waals surface area contributed by atoms with E-state index in [0.717, 1.165) is 6.42 Å². The number of carbonyl (C=O) groups is 2. The molecule has 1 aliphatic heterocycles. The van der Waals surface area contributed by atoms with Crippen LogP contribution in [0.15, 0.2) is 53.1 Å². The number of furan rings is 1. The summed E-state index contributed by atoms with van der Waals surface area (Å²) in [4.78, 5) is 26.5. The standard InChI is InChI=1S/C29H36O8/c1-17-13-14-22(34-18(2)30)28(5)23(35-26(32)21-12-9-15-33-21)16-20-24(29(17,28)37-27(20,3)4)36-25(31)19-10-7-6-8-11-19/h6-12,15,17-18,20,22-24,30H,13-14,16H2,1-5H3/t17-,18?,20-,22+,23+,24-,28+,29-/m1/s1. The summed E-state index contributed by atoms with van der Waals surface area (Å²) in [7, 11) is 0. The lowest BCUT2D eigenvalue weighted by molar-refractivity contribution is -0.303. The molecule has 8 heteroatoms. The van der Waals surface area contributed by atoms with Crippen molar-refractivity contribution in [3.63, 3.8) is 0 Å². The minimum Gasteiger partial charge on any atom is -0.457 e. The Morgan fingerprint density at radius 2 is 1.73 bits per heavy atom. The van der Waals surface area contributed by atoms with E-state index in [0.29, 0.717) is 18.4 Å². The third-order valence-corrected chi connectivity index (χ3v) is 8.93. The maximum atomic E-state index is 13.4. The molecule has 2 saturated carbocycles. The zero-order chi connectivity index (χ0) is 26.6. The summed E-state index contributed by atoms with van der Waals surface area (Å²) in [6, 6.07) is 12.1. The number of carbonyl (C=O) groups excluding carboxylic acids is 2. The lowest BCUT2D eigenvalue weighted by Crippen LogP contribution is -2.73. The average Bonchev–Trinajstić information content (AvgIpc) is 3.44. The van der Waals surface area contributed by atoms with Crippen LogP contribution < -0.4 is 0 Å². The summed E-state index contributed by atoms with van der Waals surface area (Å²) in [5.41, 5.74) is -2.16. The summed E-state index contributed by atoms with van der Waals surface area (Å²) >= 11 is 0. The zero-order valence-corrected chi connectivity index (χ0v) is 22.0. The summed E-state index contributed by atoms with van der Waals surface area (Å²) in [5, 5.41) is 10.3. The Morgan fingerprint density at radius 1 is 1.00 bits per heavy atom. The smallest absolute Gasteiger partial charge is 0.374 e. The van der Waals surface area contributed by atoms with Gasteiger partial charge in [0.15, 0.2) is 6.29 Å². The molecule has 5 rings (SSSR count). The fourth-order valence-corrected chi connectivity index (χ4v) is 7.20. The van der Waals surface area contributed by atoms with Crippen LogP contribution in [-0.2, 0) is 18.9 Å². The van der Waals surface area contributed by atoms with Gasteiger partial charge >= 0.3 is 11.9 Å². The normalized spacial score (nSPS) is 36.9. The SMILES string of the molecule is CC(O)O[C@H]1CC[C@@H](C)[C@]23OC(C)(C)[C@H](C[C@H](OC(=O)c4ccco4)[C@]12C)[C@H]3OC(=O)c1ccccc1. The van der Waals surface area contributed by atoms with Gasteiger partial charge in [0.05, 0.1) is 28.9 Å². The van der Waals surface area contributed by atoms with Gasteiger partial charge in [-0.1, -0.05) is 32.0 Å². The molecule has 1 aromatic carbocycles. The highest BCUT2D eigenvalue weighted by molar-refractivity contribution is 5.89. The Bertz CT molecular complexity index is 1130. The van der Waals surface area contributed by atoms with Gasteiger partial charge in [0.2, 0.25) is 5.76 Å². The highest BCUT2D eigenvalue weighted by Crippen LogP contribution is 2.67. The minimum absolute atomic E-state index is 0.0469. The molecular weight excluding hydrogens is 476 g/mol. The van der Waals surface area contributed by atoms with Crippen LogP contribution >= 0.6 is 0 Å². The quantitative estimate of drug-likeness (QED) is 0.437. The molecule has 3 aliphatic rings. The number of aliphatic hydroxyl groups excluding tert-OH is 1. The first-order chi connectivity index (χ1) is 17.5. The number of hydrogen-bond acceptors (Lipinski definition) is 8. The van der Waals surface area contributed by atoms with Crippen molar-refractivity contribution in [3.05, 3.63) is 60.1 Å². The van der Waals surface area contributed by atoms with Crippen LogP contribution in [0.2, 0.25) is 0 Å². The molecule has 0 radical (unpaired) electrons. The molecule has 2 bridgehead atoms. The monoisotopic (exact) mass is 512 g/mol. The maximum absolute atomic E-state index is 13.4. The molecule has 2 aliphatic carbocycles. The lowest BCUT2D eigenvalue weighted by atomic mass is 9.49. The van der Waals surface area contributed by atoms with Crippen molar-refractivity contribution in [2.75, 3.05) is 0 Å². The van der Waals surface area contributed by atoms with E-state index < -0.39 is 53.2 Å². The highest BCUT2D eigenvalue weighted by atomic mass is 16.6. The van der Waals surface area contributed by atoms with Crippen molar-refractivity contribution >= 4 is 11.9 Å². The van der Waals surface area contributed by atoms with Crippen LogP contribution in [-0.4, -0.2) is 52.8 Å². The van der Waals surface area contributed by atoms with Crippen molar-refractivity contribution in [2.45, 2.75) is 89.7 Å². The van der Waals surface area contributed by atoms with Gasteiger partial charge in [-0.2, -0.15) is 0 Å². The van der Waals surface area contributed by atoms with Crippen LogP contribution in [0, 0.1) is 17.3 Å². The number of aliphatic hydroxyl groups is 1. The van der Waals surface area contributed by atoms with E-state index in [1.54, 1.807) is 43.3 Å². The molecule has 3 fully saturated rings. The first-order valence-corrected chi connectivity index (χ1v) is 13.0. The Hall–Kier alpha value is -2.68. The molecule has 2 aromatic rings. The molecule has 1 aromatic heterocycles. The first-order valence-electron chi connectivity index (χ1n) is 13.0. The second-order valence-corrected chi connectivity index (χ2v) is 11.4. The number of esters is 2. The van der Waals surface area contributed by atoms with E-state index in [-0.39, 0.29) is 17.6 Å². The van der Waals surface area contributed by atoms with Gasteiger partial charge in [-0.15, -0.1) is 0 Å². The van der Waals surface area contributed by atoms with Crippen LogP contribution in [0.25, 0.3) is 0 Å². The van der Waals surface area contributed by atoms with Gasteiger partial charge in [0.25, 0.3) is 0 Å². The average molecular weight is 513 g/mol. The van der Waals surface area contributed by atoms with Crippen LogP contribution in [0.1, 0.15) is 74.8 Å². The van der Waals surface area contributed by atoms with Crippen LogP contribution in [0.3, 0.4) is 0 Å². The number of benzene rings is 1. The highest BCUT2D eigenvalue weighted by Gasteiger charge is 2.78. The van der Waals surface area contributed by atoms with Gasteiger partial charge < -0.3 is 28.5 Å². The number of rotatable bonds is 6. The predicted octanol–water partition coefficient (Wildman–Crippen LogP) is 4.76. The van der Waals surface area contributed by atoms with Crippen molar-refractivity contribution in [1.82, 2.24) is 0 Å². The second kappa shape index (κ2) is 9.26. The van der Waals surface area contributed by atoms with Gasteiger partial charge in [0.1, 0.15) is 17.8 Å². The van der Waals surface area contributed by atoms with E-state index in [1.165, 1.54) is 6.26 Å². The van der Waals surface area contributed by atoms with Crippen molar-refractivity contribution in [1.29, 1.82) is 0 Å². The fraction of sp³-hybridized carbons (Fsp3) is 0.586. The van der Waals surface area contributed by atoms with E-state index in [1.807, 2.05) is 26.8 Å². The van der Waals surface area contributed by atoms with Gasteiger partial charge in [0, 0.05) is 5.92 Å². The summed E-state index contributed by atoms with van der Waals surface area (Å²) in [6.07, 6.45) is 0.413. The van der Waals surface area contributed by atoms with E-state index in [9.17, 15) is 14.7 Å². The number of ether oxygens (including phenoxy) is 4. The third-order valence-electron chi connectivity index (χ3n) is 8.93. The topological polar surface area (TPSA) is 104 Å². The maximum Gasteiger partial charge on any atom is 0.374 e. The minimum atomic E-state index is -1.04. The third kappa shape index (κ3) is 4.01. The molecular formula is C29H36O8. The lowest BCUT2D eigenvalue weighted by Gasteiger charge is -2.62. The molecule has 200 valence electrons. The number of hydrogen-bond donors (Lipinski definition) is 1. The number of fused-ring (bicyclic) bond motifs is 1. The van der Waals surface area contributed by atoms with Gasteiger partial charge in [-0.05, 0) is 70.2 Å². The van der Waals surface area contributed by atoms with Crippen molar-refractivity contribution < 1.29 is 38.1 Å². The van der Waals surface area contributed by atoms with E-state index in [2.05, 4.69) is 6.92 Å². The van der Waals surface area contributed by atoms with Crippen LogP contribution in [0.5, 0.6) is 0 Å². The molecule has 1 spiro atoms. The molecule has 1 N–H and O–H groups in total. The Labute approximate surface area is 217 Å². The Balaban J connectivity index is 1.60. The summed E-state index contributed by atoms with van der Waals surface area (Å²) in [5.74, 6) is -1.17. The zero-order valence-electron chi connectivity index (χ0n) is 22.0. The predicted molar refractivity (Wildman–Crippen MR) is 133 cm³/mol. The van der Waals surface area contributed by atoms with Crippen molar-refractivity contribution in [3.8, 4) is 0 Å².